The highest BCUT2D eigenvalue weighted by atomic mass is 16.5. The van der Waals surface area contributed by atoms with Gasteiger partial charge >= 0.3 is 5.97 Å². The maximum atomic E-state index is 12.7. The van der Waals surface area contributed by atoms with E-state index < -0.39 is 0 Å². The highest BCUT2D eigenvalue weighted by Crippen LogP contribution is 2.56. The van der Waals surface area contributed by atoms with Gasteiger partial charge in [0.25, 0.3) is 11.8 Å². The van der Waals surface area contributed by atoms with Gasteiger partial charge in [-0.25, -0.2) is 0 Å². The van der Waals surface area contributed by atoms with Crippen molar-refractivity contribution in [1.29, 1.82) is 0 Å². The molecule has 0 heterocycles. The molecule has 1 aromatic carbocycles. The van der Waals surface area contributed by atoms with Crippen LogP contribution in [0.2, 0.25) is 0 Å². The topological polar surface area (TPSA) is 75.7 Å². The summed E-state index contributed by atoms with van der Waals surface area (Å²) in [6.07, 6.45) is 5.95. The summed E-state index contributed by atoms with van der Waals surface area (Å²) in [4.78, 5) is 39.0. The van der Waals surface area contributed by atoms with Crippen molar-refractivity contribution < 1.29 is 19.1 Å². The second-order valence-corrected chi connectivity index (χ2v) is 9.17. The third-order valence-corrected chi connectivity index (χ3v) is 7.31. The number of esters is 1. The van der Waals surface area contributed by atoms with Gasteiger partial charge in [0.05, 0.1) is 5.92 Å². The van der Waals surface area contributed by atoms with Crippen LogP contribution in [-0.2, 0) is 14.3 Å². The van der Waals surface area contributed by atoms with E-state index in [4.69, 9.17) is 4.74 Å². The molecule has 0 spiro atoms. The Kier molecular flexibility index (Phi) is 6.11. The van der Waals surface area contributed by atoms with Crippen LogP contribution >= 0.6 is 0 Å². The summed E-state index contributed by atoms with van der Waals surface area (Å²) in [7, 11) is 0. The van der Waals surface area contributed by atoms with E-state index in [1.807, 2.05) is 13.8 Å². The number of anilines is 1. The maximum absolute atomic E-state index is 12.7. The molecule has 0 unspecified atom stereocenters. The van der Waals surface area contributed by atoms with Crippen LogP contribution in [-0.4, -0.2) is 42.4 Å². The molecule has 2 amide bonds. The Morgan fingerprint density at radius 2 is 1.50 bits per heavy atom. The van der Waals surface area contributed by atoms with Crippen molar-refractivity contribution in [3.63, 3.8) is 0 Å². The lowest BCUT2D eigenvalue weighted by molar-refractivity contribution is -0.164. The van der Waals surface area contributed by atoms with Crippen molar-refractivity contribution in [1.82, 2.24) is 4.90 Å². The molecule has 5 rings (SSSR count). The zero-order chi connectivity index (χ0) is 21.3. The van der Waals surface area contributed by atoms with Gasteiger partial charge in [0.1, 0.15) is 0 Å². The molecule has 162 valence electrons. The number of nitrogens with one attached hydrogen (secondary N) is 1. The molecule has 0 aliphatic heterocycles. The first kappa shape index (κ1) is 20.9. The average Bonchev–Trinajstić information content (AvgIpc) is 2.73. The fraction of sp³-hybridized carbons (Fsp3) is 0.625. The van der Waals surface area contributed by atoms with Crippen molar-refractivity contribution in [3.05, 3.63) is 29.8 Å². The molecule has 4 fully saturated rings. The van der Waals surface area contributed by atoms with E-state index in [2.05, 4.69) is 5.32 Å². The van der Waals surface area contributed by atoms with Crippen LogP contribution in [0.4, 0.5) is 5.69 Å². The van der Waals surface area contributed by atoms with E-state index in [-0.39, 0.29) is 30.3 Å². The standard InChI is InChI=1S/C24H32N2O4/c1-3-26(4-2)23(28)17-5-7-20(8-6-17)25-21(27)14-30-24(29)22-18-10-15-9-16(12-18)13-19(22)11-15/h5-8,15-16,18-19,22H,3-4,9-14H2,1-2H3,(H,25,27). The Labute approximate surface area is 178 Å². The molecule has 0 radical (unpaired) electrons. The van der Waals surface area contributed by atoms with Crippen LogP contribution < -0.4 is 5.32 Å². The van der Waals surface area contributed by atoms with Crippen LogP contribution in [0.5, 0.6) is 0 Å². The Bertz CT molecular complexity index is 772. The average molecular weight is 413 g/mol. The van der Waals surface area contributed by atoms with Gasteiger partial charge in [-0.2, -0.15) is 0 Å². The van der Waals surface area contributed by atoms with Gasteiger partial charge < -0.3 is 15.0 Å². The van der Waals surface area contributed by atoms with Crippen molar-refractivity contribution in [2.45, 2.75) is 46.0 Å². The molecule has 30 heavy (non-hydrogen) atoms. The van der Waals surface area contributed by atoms with Crippen LogP contribution in [0.15, 0.2) is 24.3 Å². The molecule has 1 N–H and O–H groups in total. The fourth-order valence-electron chi connectivity index (χ4n) is 6.13. The van der Waals surface area contributed by atoms with Crippen LogP contribution in [0.3, 0.4) is 0 Å². The number of carbonyl (C=O) groups excluding carboxylic acids is 3. The maximum Gasteiger partial charge on any atom is 0.310 e. The first-order chi connectivity index (χ1) is 14.5. The molecule has 6 heteroatoms. The van der Waals surface area contributed by atoms with E-state index in [9.17, 15) is 14.4 Å². The van der Waals surface area contributed by atoms with Gasteiger partial charge in [0.2, 0.25) is 0 Å². The molecule has 4 aliphatic carbocycles. The van der Waals surface area contributed by atoms with Crippen LogP contribution in [0, 0.1) is 29.6 Å². The normalized spacial score (nSPS) is 28.8. The van der Waals surface area contributed by atoms with E-state index in [0.717, 1.165) is 37.5 Å². The lowest BCUT2D eigenvalue weighted by Crippen LogP contribution is -2.48. The van der Waals surface area contributed by atoms with E-state index in [1.54, 1.807) is 29.2 Å². The zero-order valence-electron chi connectivity index (χ0n) is 17.9. The van der Waals surface area contributed by atoms with Crippen LogP contribution in [0.1, 0.15) is 56.3 Å². The summed E-state index contributed by atoms with van der Waals surface area (Å²) < 4.78 is 5.41. The predicted molar refractivity (Wildman–Crippen MR) is 114 cm³/mol. The SMILES string of the molecule is CCN(CC)C(=O)c1ccc(NC(=O)COC(=O)C2C3CC4CC(C3)CC2C4)cc1. The second-order valence-electron chi connectivity index (χ2n) is 9.17. The predicted octanol–water partition coefficient (Wildman–Crippen LogP) is 3.72. The summed E-state index contributed by atoms with van der Waals surface area (Å²) in [6, 6.07) is 6.82. The van der Waals surface area contributed by atoms with Gasteiger partial charge in [0, 0.05) is 24.3 Å². The molecule has 0 saturated heterocycles. The second kappa shape index (κ2) is 8.78. The van der Waals surface area contributed by atoms with Crippen molar-refractivity contribution in [2.24, 2.45) is 29.6 Å². The smallest absolute Gasteiger partial charge is 0.310 e. The van der Waals surface area contributed by atoms with Gasteiger partial charge in [-0.15, -0.1) is 0 Å². The molecule has 0 aromatic heterocycles. The molecular formula is C24H32N2O4. The third kappa shape index (κ3) is 4.23. The lowest BCUT2D eigenvalue weighted by atomic mass is 9.52. The number of hydrogen-bond donors (Lipinski definition) is 1. The molecule has 4 saturated carbocycles. The van der Waals surface area contributed by atoms with Crippen molar-refractivity contribution in [2.75, 3.05) is 25.0 Å². The number of rotatable bonds is 7. The summed E-state index contributed by atoms with van der Waals surface area (Å²) in [5, 5.41) is 2.75. The summed E-state index contributed by atoms with van der Waals surface area (Å²) in [5.41, 5.74) is 1.17. The molecular weight excluding hydrogens is 380 g/mol. The lowest BCUT2D eigenvalue weighted by Gasteiger charge is -2.53. The van der Waals surface area contributed by atoms with Gasteiger partial charge in [-0.05, 0) is 93.9 Å². The molecule has 4 aliphatic rings. The van der Waals surface area contributed by atoms with Gasteiger partial charge in [-0.1, -0.05) is 0 Å². The summed E-state index contributed by atoms with van der Waals surface area (Å²) in [5.74, 6) is 1.92. The Hall–Kier alpha value is -2.37. The minimum Gasteiger partial charge on any atom is -0.455 e. The van der Waals surface area contributed by atoms with Crippen molar-refractivity contribution in [3.8, 4) is 0 Å². The van der Waals surface area contributed by atoms with E-state index in [1.165, 1.54) is 6.42 Å². The quantitative estimate of drug-likeness (QED) is 0.693. The molecule has 4 bridgehead atoms. The number of nitrogens with zero attached hydrogens (tertiary/aromatic N) is 1. The Morgan fingerprint density at radius 3 is 2.03 bits per heavy atom. The van der Waals surface area contributed by atoms with Crippen molar-refractivity contribution >= 4 is 23.5 Å². The highest BCUT2D eigenvalue weighted by molar-refractivity contribution is 5.96. The van der Waals surface area contributed by atoms with E-state index in [0.29, 0.717) is 36.2 Å². The first-order valence-electron chi connectivity index (χ1n) is 11.3. The minimum atomic E-state index is -0.352. The number of ether oxygens (including phenoxy) is 1. The monoisotopic (exact) mass is 412 g/mol. The minimum absolute atomic E-state index is 0.0176. The highest BCUT2D eigenvalue weighted by Gasteiger charge is 2.51. The molecule has 1 aromatic rings. The molecule has 0 atom stereocenters. The number of hydrogen-bond acceptors (Lipinski definition) is 4. The first-order valence-corrected chi connectivity index (χ1v) is 11.3. The molecule has 6 nitrogen and oxygen atoms in total. The van der Waals surface area contributed by atoms with E-state index >= 15 is 0 Å². The summed E-state index contributed by atoms with van der Waals surface area (Å²) >= 11 is 0. The zero-order valence-corrected chi connectivity index (χ0v) is 17.9. The Balaban J connectivity index is 1.27. The van der Waals surface area contributed by atoms with Gasteiger partial charge in [0.15, 0.2) is 6.61 Å². The number of amides is 2. The van der Waals surface area contributed by atoms with Crippen LogP contribution in [0.25, 0.3) is 0 Å². The third-order valence-electron chi connectivity index (χ3n) is 7.31. The fourth-order valence-corrected chi connectivity index (χ4v) is 6.13. The van der Waals surface area contributed by atoms with Gasteiger partial charge in [-0.3, -0.25) is 14.4 Å². The Morgan fingerprint density at radius 1 is 0.933 bits per heavy atom. The number of benzene rings is 1. The number of carbonyl (C=O) groups is 3. The summed E-state index contributed by atoms with van der Waals surface area (Å²) in [6.45, 7) is 4.94. The largest absolute Gasteiger partial charge is 0.455 e.